The molecule has 1 N–H and O–H groups in total. The molecular formula is C22H30N4O2. The first kappa shape index (κ1) is 19.2. The number of nitrogens with zero attached hydrogens (tertiary/aromatic N) is 4. The molecule has 2 fully saturated rings. The second-order valence-electron chi connectivity index (χ2n) is 8.48. The Morgan fingerprint density at radius 2 is 1.96 bits per heavy atom. The maximum atomic E-state index is 12.9. The lowest BCUT2D eigenvalue weighted by atomic mass is 9.71. The fraction of sp³-hybridized carbons (Fsp3) is 0.545. The van der Waals surface area contributed by atoms with Gasteiger partial charge in [0.25, 0.3) is 5.91 Å². The lowest BCUT2D eigenvalue weighted by Gasteiger charge is -2.42. The van der Waals surface area contributed by atoms with Crippen molar-refractivity contribution in [1.29, 1.82) is 0 Å². The number of aliphatic hydroxyl groups excluding tert-OH is 1. The minimum atomic E-state index is 0.0673. The number of amides is 1. The van der Waals surface area contributed by atoms with Gasteiger partial charge in [-0.1, -0.05) is 30.3 Å². The van der Waals surface area contributed by atoms with Crippen molar-refractivity contribution in [1.82, 2.24) is 19.6 Å². The lowest BCUT2D eigenvalue weighted by molar-refractivity contribution is 0.0394. The van der Waals surface area contributed by atoms with E-state index in [2.05, 4.69) is 34.3 Å². The molecule has 1 aromatic heterocycles. The molecule has 1 atom stereocenters. The second kappa shape index (κ2) is 7.68. The summed E-state index contributed by atoms with van der Waals surface area (Å²) in [5, 5.41) is 14.3. The van der Waals surface area contributed by atoms with Crippen LogP contribution < -0.4 is 0 Å². The van der Waals surface area contributed by atoms with Gasteiger partial charge in [-0.25, -0.2) is 0 Å². The van der Waals surface area contributed by atoms with Crippen LogP contribution in [0.5, 0.6) is 0 Å². The first-order valence-electron chi connectivity index (χ1n) is 10.2. The molecule has 6 nitrogen and oxygen atoms in total. The highest BCUT2D eigenvalue weighted by molar-refractivity contribution is 5.92. The number of piperidine rings is 1. The van der Waals surface area contributed by atoms with Crippen molar-refractivity contribution >= 4 is 5.91 Å². The third kappa shape index (κ3) is 3.59. The monoisotopic (exact) mass is 382 g/mol. The maximum absolute atomic E-state index is 12.9. The minimum Gasteiger partial charge on any atom is -0.396 e. The molecule has 0 radical (unpaired) electrons. The summed E-state index contributed by atoms with van der Waals surface area (Å²) in [5.74, 6) is 0.352. The van der Waals surface area contributed by atoms with Crippen LogP contribution in [0.2, 0.25) is 0 Å². The van der Waals surface area contributed by atoms with Gasteiger partial charge in [-0.05, 0) is 36.8 Å². The molecule has 2 aromatic rings. The molecule has 28 heavy (non-hydrogen) atoms. The van der Waals surface area contributed by atoms with E-state index in [1.165, 1.54) is 5.56 Å². The van der Waals surface area contributed by atoms with Crippen LogP contribution in [-0.2, 0) is 13.6 Å². The van der Waals surface area contributed by atoms with E-state index in [1.807, 2.05) is 31.0 Å². The summed E-state index contributed by atoms with van der Waals surface area (Å²) in [5.41, 5.74) is 2.95. The number of likely N-dealkylation sites (tertiary alicyclic amines) is 2. The predicted octanol–water partition coefficient (Wildman–Crippen LogP) is 2.08. The van der Waals surface area contributed by atoms with Gasteiger partial charge in [-0.15, -0.1) is 0 Å². The Kier molecular flexibility index (Phi) is 5.25. The van der Waals surface area contributed by atoms with Crippen molar-refractivity contribution in [3.8, 4) is 0 Å². The zero-order chi connectivity index (χ0) is 19.7. The average Bonchev–Trinajstić information content (AvgIpc) is 3.21. The first-order chi connectivity index (χ1) is 13.5. The summed E-state index contributed by atoms with van der Waals surface area (Å²) >= 11 is 0. The van der Waals surface area contributed by atoms with Gasteiger partial charge in [0.15, 0.2) is 0 Å². The number of hydrogen-bond donors (Lipinski definition) is 1. The molecule has 0 saturated carbocycles. The summed E-state index contributed by atoms with van der Waals surface area (Å²) in [4.78, 5) is 17.3. The molecule has 0 aliphatic carbocycles. The number of aryl methyl sites for hydroxylation is 2. The van der Waals surface area contributed by atoms with Crippen molar-refractivity contribution in [3.63, 3.8) is 0 Å². The molecule has 1 spiro atoms. The summed E-state index contributed by atoms with van der Waals surface area (Å²) in [6.07, 6.45) is 1.90. The molecule has 2 aliphatic heterocycles. The number of aromatic nitrogens is 2. The fourth-order valence-corrected chi connectivity index (χ4v) is 5.05. The quantitative estimate of drug-likeness (QED) is 0.879. The molecule has 4 rings (SSSR count). The zero-order valence-electron chi connectivity index (χ0n) is 16.8. The Balaban J connectivity index is 1.42. The van der Waals surface area contributed by atoms with Crippen LogP contribution in [0.1, 0.15) is 34.6 Å². The van der Waals surface area contributed by atoms with E-state index in [-0.39, 0.29) is 23.8 Å². The largest absolute Gasteiger partial charge is 0.396 e. The molecule has 2 aliphatic rings. The highest BCUT2D eigenvalue weighted by Gasteiger charge is 2.48. The van der Waals surface area contributed by atoms with E-state index >= 15 is 0 Å². The highest BCUT2D eigenvalue weighted by Crippen LogP contribution is 2.45. The minimum absolute atomic E-state index is 0.0673. The molecule has 2 saturated heterocycles. The standard InChI is InChI=1S/C22H30N4O2/c1-17-12-20(24(2)23-17)21(28)26-10-8-22(9-11-26)16-25(14-19(22)15-27)13-18-6-4-3-5-7-18/h3-7,12,19,27H,8-11,13-16H2,1-2H3. The van der Waals surface area contributed by atoms with Gasteiger partial charge in [0.2, 0.25) is 0 Å². The van der Waals surface area contributed by atoms with Gasteiger partial charge in [0, 0.05) is 52.3 Å². The number of hydrogen-bond acceptors (Lipinski definition) is 4. The number of benzene rings is 1. The number of rotatable bonds is 4. The predicted molar refractivity (Wildman–Crippen MR) is 108 cm³/mol. The summed E-state index contributed by atoms with van der Waals surface area (Å²) < 4.78 is 1.68. The van der Waals surface area contributed by atoms with Crippen LogP contribution in [0.25, 0.3) is 0 Å². The highest BCUT2D eigenvalue weighted by atomic mass is 16.3. The smallest absolute Gasteiger partial charge is 0.272 e. The first-order valence-corrected chi connectivity index (χ1v) is 10.2. The van der Waals surface area contributed by atoms with Crippen LogP contribution in [0.3, 0.4) is 0 Å². The van der Waals surface area contributed by atoms with Gasteiger partial charge < -0.3 is 10.0 Å². The van der Waals surface area contributed by atoms with Gasteiger partial charge in [0.05, 0.1) is 5.69 Å². The normalized spacial score (nSPS) is 22.1. The summed E-state index contributed by atoms with van der Waals surface area (Å²) in [6, 6.07) is 12.4. The Hall–Kier alpha value is -2.18. The molecule has 0 bridgehead atoms. The Bertz CT molecular complexity index is 824. The Morgan fingerprint density at radius 3 is 2.57 bits per heavy atom. The number of carbonyl (C=O) groups is 1. The van der Waals surface area contributed by atoms with Crippen LogP contribution in [0.15, 0.2) is 36.4 Å². The van der Waals surface area contributed by atoms with E-state index in [4.69, 9.17) is 0 Å². The van der Waals surface area contributed by atoms with Crippen LogP contribution in [0, 0.1) is 18.3 Å². The number of carbonyl (C=O) groups excluding carboxylic acids is 1. The SMILES string of the molecule is Cc1cc(C(=O)N2CCC3(CC2)CN(Cc2ccccc2)CC3CO)n(C)n1. The van der Waals surface area contributed by atoms with Crippen molar-refractivity contribution in [2.24, 2.45) is 18.4 Å². The van der Waals surface area contributed by atoms with Crippen molar-refractivity contribution < 1.29 is 9.90 Å². The fourth-order valence-electron chi connectivity index (χ4n) is 5.05. The maximum Gasteiger partial charge on any atom is 0.272 e. The molecule has 1 aromatic carbocycles. The lowest BCUT2D eigenvalue weighted by Crippen LogP contribution is -2.47. The number of aliphatic hydroxyl groups is 1. The van der Waals surface area contributed by atoms with Crippen molar-refractivity contribution in [2.75, 3.05) is 32.8 Å². The molecule has 1 unspecified atom stereocenters. The van der Waals surface area contributed by atoms with Crippen molar-refractivity contribution in [2.45, 2.75) is 26.3 Å². The summed E-state index contributed by atoms with van der Waals surface area (Å²) in [6.45, 7) is 6.49. The molecule has 1 amide bonds. The molecule has 3 heterocycles. The van der Waals surface area contributed by atoms with Gasteiger partial charge in [-0.3, -0.25) is 14.4 Å². The van der Waals surface area contributed by atoms with Gasteiger partial charge >= 0.3 is 0 Å². The van der Waals surface area contributed by atoms with Crippen LogP contribution >= 0.6 is 0 Å². The van der Waals surface area contributed by atoms with E-state index < -0.39 is 0 Å². The topological polar surface area (TPSA) is 61.6 Å². The van der Waals surface area contributed by atoms with E-state index in [0.717, 1.165) is 51.3 Å². The molecule has 6 heteroatoms. The average molecular weight is 383 g/mol. The Labute approximate surface area is 166 Å². The van der Waals surface area contributed by atoms with Gasteiger partial charge in [-0.2, -0.15) is 5.10 Å². The molecule has 150 valence electrons. The van der Waals surface area contributed by atoms with Crippen molar-refractivity contribution in [3.05, 3.63) is 53.3 Å². The van der Waals surface area contributed by atoms with Crippen LogP contribution in [-0.4, -0.2) is 63.4 Å². The Morgan fingerprint density at radius 1 is 1.25 bits per heavy atom. The van der Waals surface area contributed by atoms with Crippen LogP contribution in [0.4, 0.5) is 0 Å². The van der Waals surface area contributed by atoms with Gasteiger partial charge in [0.1, 0.15) is 5.69 Å². The van der Waals surface area contributed by atoms with E-state index in [0.29, 0.717) is 5.69 Å². The summed E-state index contributed by atoms with van der Waals surface area (Å²) in [7, 11) is 1.83. The van der Waals surface area contributed by atoms with E-state index in [1.54, 1.807) is 4.68 Å². The second-order valence-corrected chi connectivity index (χ2v) is 8.48. The van der Waals surface area contributed by atoms with E-state index in [9.17, 15) is 9.90 Å². The zero-order valence-corrected chi connectivity index (χ0v) is 16.8. The third-order valence-corrected chi connectivity index (χ3v) is 6.62. The molecular weight excluding hydrogens is 352 g/mol. The third-order valence-electron chi connectivity index (χ3n) is 6.62.